The molecule has 1 fully saturated rings. The van der Waals surface area contributed by atoms with Gasteiger partial charge in [-0.3, -0.25) is 9.59 Å². The van der Waals surface area contributed by atoms with E-state index in [1.807, 2.05) is 43.3 Å². The first-order valence-corrected chi connectivity index (χ1v) is 11.3. The summed E-state index contributed by atoms with van der Waals surface area (Å²) in [5.74, 6) is 0.242. The number of amides is 1. The molecule has 0 radical (unpaired) electrons. The van der Waals surface area contributed by atoms with Crippen molar-refractivity contribution in [3.8, 4) is 0 Å². The zero-order chi connectivity index (χ0) is 21.8. The van der Waals surface area contributed by atoms with Crippen LogP contribution in [0.1, 0.15) is 63.9 Å². The maximum absolute atomic E-state index is 12.3. The zero-order valence-corrected chi connectivity index (χ0v) is 18.1. The van der Waals surface area contributed by atoms with Crippen LogP contribution in [0, 0.1) is 11.8 Å². The number of Topliss-reactive ketones (excluding diaryl/α,β-unsaturated/α-hetero) is 1. The fraction of sp³-hybridized carbons (Fsp3) is 0.600. The number of ketones is 1. The molecular weight excluding hydrogens is 378 g/mol. The van der Waals surface area contributed by atoms with Crippen LogP contribution in [0.2, 0.25) is 0 Å². The number of allylic oxidation sites excluding steroid dienone is 2. The summed E-state index contributed by atoms with van der Waals surface area (Å²) in [4.78, 5) is 23.7. The maximum Gasteiger partial charge on any atom is 0.219 e. The summed E-state index contributed by atoms with van der Waals surface area (Å²) in [5.41, 5.74) is 1.16. The molecule has 1 amide bonds. The lowest BCUT2D eigenvalue weighted by atomic mass is 9.86. The van der Waals surface area contributed by atoms with Gasteiger partial charge in [0.1, 0.15) is 5.78 Å². The highest BCUT2D eigenvalue weighted by Gasteiger charge is 2.40. The van der Waals surface area contributed by atoms with Crippen LogP contribution in [0.25, 0.3) is 0 Å². The summed E-state index contributed by atoms with van der Waals surface area (Å²) in [5, 5.41) is 23.5. The molecule has 5 heteroatoms. The highest BCUT2D eigenvalue weighted by Crippen LogP contribution is 2.38. The predicted molar refractivity (Wildman–Crippen MR) is 119 cm³/mol. The highest BCUT2D eigenvalue weighted by atomic mass is 16.3. The third-order valence-electron chi connectivity index (χ3n) is 6.04. The normalized spacial score (nSPS) is 23.7. The van der Waals surface area contributed by atoms with Crippen LogP contribution in [0.15, 0.2) is 42.5 Å². The quantitative estimate of drug-likeness (QED) is 0.339. The minimum atomic E-state index is -0.543. The number of benzene rings is 1. The number of aryl methyl sites for hydroxylation is 1. The Bertz CT molecular complexity index is 673. The summed E-state index contributed by atoms with van der Waals surface area (Å²) in [6.45, 7) is 2.57. The summed E-state index contributed by atoms with van der Waals surface area (Å²) in [6, 6.07) is 9.99. The topological polar surface area (TPSA) is 86.6 Å². The van der Waals surface area contributed by atoms with Gasteiger partial charge in [0.05, 0.1) is 12.2 Å². The molecule has 0 spiro atoms. The fourth-order valence-corrected chi connectivity index (χ4v) is 4.32. The van der Waals surface area contributed by atoms with Crippen LogP contribution >= 0.6 is 0 Å². The van der Waals surface area contributed by atoms with Gasteiger partial charge in [-0.2, -0.15) is 0 Å². The van der Waals surface area contributed by atoms with E-state index >= 15 is 0 Å². The number of carbonyl (C=O) groups is 2. The van der Waals surface area contributed by atoms with E-state index in [1.54, 1.807) is 0 Å². The number of hydrogen-bond donors (Lipinski definition) is 3. The molecule has 1 aliphatic rings. The van der Waals surface area contributed by atoms with E-state index in [1.165, 1.54) is 0 Å². The molecule has 5 nitrogen and oxygen atoms in total. The molecule has 1 saturated carbocycles. The monoisotopic (exact) mass is 415 g/mol. The predicted octanol–water partition coefficient (Wildman–Crippen LogP) is 3.58. The van der Waals surface area contributed by atoms with Crippen molar-refractivity contribution in [2.24, 2.45) is 11.8 Å². The number of aliphatic hydroxyl groups is 2. The lowest BCUT2D eigenvalue weighted by molar-refractivity contribution is -0.121. The Morgan fingerprint density at radius 2 is 1.77 bits per heavy atom. The van der Waals surface area contributed by atoms with E-state index in [4.69, 9.17) is 0 Å². The SMILES string of the molecule is CCNC(=O)CCCC=CC[C@@H]1[C@@H](CCC(=O)CCc2ccccc2)[C@H](O)C[C@@H]1O. The molecule has 3 N–H and O–H groups in total. The van der Waals surface area contributed by atoms with Gasteiger partial charge in [-0.1, -0.05) is 42.5 Å². The van der Waals surface area contributed by atoms with Crippen molar-refractivity contribution in [3.63, 3.8) is 0 Å². The van der Waals surface area contributed by atoms with E-state index in [0.717, 1.165) is 24.8 Å². The Hall–Kier alpha value is -1.98. The number of hydrogen-bond acceptors (Lipinski definition) is 4. The molecule has 1 aromatic carbocycles. The maximum atomic E-state index is 12.3. The van der Waals surface area contributed by atoms with Crippen LogP contribution in [0.5, 0.6) is 0 Å². The van der Waals surface area contributed by atoms with Gasteiger partial charge in [-0.15, -0.1) is 0 Å². The van der Waals surface area contributed by atoms with Gasteiger partial charge in [-0.05, 0) is 62.8 Å². The van der Waals surface area contributed by atoms with E-state index in [0.29, 0.717) is 45.1 Å². The number of rotatable bonds is 13. The number of carbonyl (C=O) groups excluding carboxylic acids is 2. The fourth-order valence-electron chi connectivity index (χ4n) is 4.32. The first-order valence-electron chi connectivity index (χ1n) is 11.3. The summed E-state index contributed by atoms with van der Waals surface area (Å²) in [7, 11) is 0. The average molecular weight is 416 g/mol. The molecular formula is C25H37NO4. The lowest BCUT2D eigenvalue weighted by Crippen LogP contribution is -2.22. The molecule has 4 atom stereocenters. The Labute approximate surface area is 180 Å². The minimum absolute atomic E-state index is 0.0124. The van der Waals surface area contributed by atoms with Gasteiger partial charge in [0, 0.05) is 25.8 Å². The van der Waals surface area contributed by atoms with Crippen molar-refractivity contribution in [1.29, 1.82) is 0 Å². The zero-order valence-electron chi connectivity index (χ0n) is 18.1. The van der Waals surface area contributed by atoms with Crippen molar-refractivity contribution >= 4 is 11.7 Å². The Balaban J connectivity index is 1.72. The van der Waals surface area contributed by atoms with Crippen LogP contribution in [-0.4, -0.2) is 40.7 Å². The number of unbranched alkanes of at least 4 members (excludes halogenated alkanes) is 1. The second-order valence-electron chi connectivity index (χ2n) is 8.31. The van der Waals surface area contributed by atoms with Crippen molar-refractivity contribution in [3.05, 3.63) is 48.0 Å². The van der Waals surface area contributed by atoms with Crippen LogP contribution in [-0.2, 0) is 16.0 Å². The van der Waals surface area contributed by atoms with E-state index in [2.05, 4.69) is 11.4 Å². The third kappa shape index (κ3) is 8.41. The van der Waals surface area contributed by atoms with Crippen molar-refractivity contribution in [2.45, 2.75) is 76.9 Å². The largest absolute Gasteiger partial charge is 0.393 e. The van der Waals surface area contributed by atoms with Crippen LogP contribution in [0.3, 0.4) is 0 Å². The third-order valence-corrected chi connectivity index (χ3v) is 6.04. The first kappa shape index (κ1) is 24.3. The summed E-state index contributed by atoms with van der Waals surface area (Å²) >= 11 is 0. The molecule has 0 saturated heterocycles. The average Bonchev–Trinajstić information content (AvgIpc) is 3.00. The molecule has 0 aliphatic heterocycles. The lowest BCUT2D eigenvalue weighted by Gasteiger charge is -2.22. The molecule has 2 rings (SSSR count). The Morgan fingerprint density at radius 3 is 2.50 bits per heavy atom. The van der Waals surface area contributed by atoms with Gasteiger partial charge < -0.3 is 15.5 Å². The molecule has 1 aliphatic carbocycles. The molecule has 166 valence electrons. The van der Waals surface area contributed by atoms with E-state index in [-0.39, 0.29) is 23.5 Å². The van der Waals surface area contributed by atoms with Crippen molar-refractivity contribution < 1.29 is 19.8 Å². The smallest absolute Gasteiger partial charge is 0.219 e. The van der Waals surface area contributed by atoms with Crippen molar-refractivity contribution in [1.82, 2.24) is 5.32 Å². The molecule has 0 bridgehead atoms. The Morgan fingerprint density at radius 1 is 1.03 bits per heavy atom. The van der Waals surface area contributed by atoms with E-state index in [9.17, 15) is 19.8 Å². The molecule has 30 heavy (non-hydrogen) atoms. The van der Waals surface area contributed by atoms with E-state index < -0.39 is 12.2 Å². The number of nitrogens with one attached hydrogen (secondary N) is 1. The first-order chi connectivity index (χ1) is 14.5. The second-order valence-corrected chi connectivity index (χ2v) is 8.31. The van der Waals surface area contributed by atoms with Gasteiger partial charge in [0.25, 0.3) is 0 Å². The van der Waals surface area contributed by atoms with Crippen molar-refractivity contribution in [2.75, 3.05) is 6.54 Å². The van der Waals surface area contributed by atoms with Gasteiger partial charge >= 0.3 is 0 Å². The van der Waals surface area contributed by atoms with Crippen LogP contribution in [0.4, 0.5) is 0 Å². The second kappa shape index (κ2) is 13.3. The summed E-state index contributed by atoms with van der Waals surface area (Å²) < 4.78 is 0. The molecule has 0 aromatic heterocycles. The Kier molecular flexibility index (Phi) is 10.8. The van der Waals surface area contributed by atoms with Gasteiger partial charge in [0.15, 0.2) is 0 Å². The number of aliphatic hydroxyl groups excluding tert-OH is 2. The molecule has 0 heterocycles. The molecule has 1 aromatic rings. The molecule has 0 unspecified atom stereocenters. The highest BCUT2D eigenvalue weighted by molar-refractivity contribution is 5.78. The standard InChI is InChI=1S/C25H37NO4/c1-2-26-25(30)13-9-4-3-8-12-21-22(24(29)18-23(21)28)17-16-20(27)15-14-19-10-6-5-7-11-19/h3,5-8,10-11,21-24,28-29H,2,4,9,12-18H2,1H3,(H,26,30)/t21-,22-,23+,24-/m1/s1. The van der Waals surface area contributed by atoms with Crippen LogP contribution < -0.4 is 5.32 Å². The summed E-state index contributed by atoms with van der Waals surface area (Å²) in [6.07, 6.45) is 8.62. The van der Waals surface area contributed by atoms with Gasteiger partial charge in [-0.25, -0.2) is 0 Å². The van der Waals surface area contributed by atoms with Gasteiger partial charge in [0.2, 0.25) is 5.91 Å². The minimum Gasteiger partial charge on any atom is -0.393 e.